The van der Waals surface area contributed by atoms with Crippen molar-refractivity contribution in [1.29, 1.82) is 0 Å². The normalized spacial score (nSPS) is 24.9. The summed E-state index contributed by atoms with van der Waals surface area (Å²) in [6.45, 7) is 25.3. The molecule has 0 radical (unpaired) electrons. The molecule has 12 rings (SSSR count). The van der Waals surface area contributed by atoms with Crippen LogP contribution in [0, 0.1) is 57.2 Å². The van der Waals surface area contributed by atoms with Gasteiger partial charge in [-0.2, -0.15) is 8.78 Å². The van der Waals surface area contributed by atoms with Crippen molar-refractivity contribution in [3.8, 4) is 0 Å². The highest BCUT2D eigenvalue weighted by Gasteiger charge is 2.61. The Bertz CT molecular complexity index is 2680. The summed E-state index contributed by atoms with van der Waals surface area (Å²) in [5.41, 5.74) is -2.94. The molecule has 3 unspecified atom stereocenters. The molecule has 8 bridgehead atoms. The van der Waals surface area contributed by atoms with Gasteiger partial charge in [0.2, 0.25) is 6.10 Å². The molecule has 0 amide bonds. The standard InChI is InChI=1S/C18H30O2.C18H15S.C16H26O3.C11H18F2O4.C10H16O4.8CH4/c1-5-17(3,4)16(19)20-18(6-2)14-8-12-7-13(10-14)11-15(18)9-12;1-4-10-16(11-5-1)19(17-12-6-2-7-13-17)18-14-8-3-9-15-18;1-4-14(2,3)13(17)19-16-8-11-5-12(9-16)7-15(18,6-11)10-16;1-5-10(2,3)8(14)16-6-7-17-9(15)11(4,12)13;1-4-10(2,3)9(12)14-7-5-6-13-8(7)11;;;;;;;;/h12-15H,5-11H2,1-4H3;1-15H;11-12,18H,4-10H2,1-3H3;5-7H2,1-4H3;7H,4-6H2,1-3H3;8*1H4/q;+1;;;;;;;;;;;. The van der Waals surface area contributed by atoms with Crippen LogP contribution < -0.4 is 0 Å². The van der Waals surface area contributed by atoms with Gasteiger partial charge in [-0.15, -0.1) is 0 Å². The topological polar surface area (TPSA) is 178 Å². The van der Waals surface area contributed by atoms with Crippen molar-refractivity contribution in [2.24, 2.45) is 57.2 Å². The van der Waals surface area contributed by atoms with E-state index in [0.717, 1.165) is 56.8 Å². The first-order valence-corrected chi connectivity index (χ1v) is 34.1. The fourth-order valence-electron chi connectivity index (χ4n) is 13.8. The van der Waals surface area contributed by atoms with Gasteiger partial charge in [0.05, 0.1) is 44.8 Å². The molecule has 0 aromatic heterocycles. The van der Waals surface area contributed by atoms with Crippen molar-refractivity contribution in [3.05, 3.63) is 91.0 Å². The average molecular weight is 1390 g/mol. The Balaban J connectivity index is -0.00000112. The Labute approximate surface area is 591 Å². The number of rotatable bonds is 19. The summed E-state index contributed by atoms with van der Waals surface area (Å²) >= 11 is 0. The molecular weight excluding hydrogens is 1250 g/mol. The third-order valence-electron chi connectivity index (χ3n) is 20.4. The molecule has 3 aromatic carbocycles. The van der Waals surface area contributed by atoms with Crippen LogP contribution in [0.3, 0.4) is 0 Å². The van der Waals surface area contributed by atoms with Crippen molar-refractivity contribution < 1.29 is 71.1 Å². The number of hydrogen-bond donors (Lipinski definition) is 1. The fraction of sp³-hybridized carbons (Fsp3) is 0.704. The van der Waals surface area contributed by atoms with Gasteiger partial charge in [-0.05, 0) is 224 Å². The zero-order valence-corrected chi connectivity index (χ0v) is 56.7. The first kappa shape index (κ1) is 95.8. The first-order valence-electron chi connectivity index (χ1n) is 32.9. The molecule has 9 fully saturated rings. The van der Waals surface area contributed by atoms with Crippen LogP contribution in [-0.2, 0) is 68.1 Å². The molecule has 9 aliphatic rings. The number of carbonyl (C=O) groups excluding carboxylic acids is 6. The molecule has 16 heteroatoms. The van der Waals surface area contributed by atoms with Crippen LogP contribution in [0.5, 0.6) is 0 Å². The number of hydrogen-bond acceptors (Lipinski definition) is 13. The van der Waals surface area contributed by atoms with Crippen molar-refractivity contribution in [2.45, 2.75) is 309 Å². The number of benzene rings is 3. The SMILES string of the molecule is C.C.C.C.C.C.C.C.CCC(C)(C)C(=O)OC1(CC)C2CC3CC(C2)CC1C3.CCC(C)(C)C(=O)OC12CC3CC(CC(O)(C3)C1)C2.CCC(C)(C)C(=O)OC1CCOC1=O.CCC(C)(C)C(=O)OCCOC(=O)C(C)(F)F.c1ccc([S+](c2ccccc2)c2ccccc2)cc1. The van der Waals surface area contributed by atoms with E-state index in [1.807, 2.05) is 48.5 Å². The van der Waals surface area contributed by atoms with Gasteiger partial charge in [0.15, 0.2) is 14.7 Å². The summed E-state index contributed by atoms with van der Waals surface area (Å²) in [5.74, 6) is -2.14. The minimum atomic E-state index is -3.52. The Kier molecular flexibility index (Phi) is 39.7. The number of ether oxygens (including phenoxy) is 6. The van der Waals surface area contributed by atoms with E-state index in [9.17, 15) is 42.7 Å². The lowest BCUT2D eigenvalue weighted by molar-refractivity contribution is -0.225. The number of aliphatic hydroxyl groups is 1. The van der Waals surface area contributed by atoms with Crippen molar-refractivity contribution in [2.75, 3.05) is 19.8 Å². The van der Waals surface area contributed by atoms with Gasteiger partial charge in [-0.25, -0.2) is 9.59 Å². The number of cyclic esters (lactones) is 1. The highest BCUT2D eigenvalue weighted by Crippen LogP contribution is 2.62. The maximum Gasteiger partial charge on any atom is 0.376 e. The molecule has 558 valence electrons. The van der Waals surface area contributed by atoms with Gasteiger partial charge >= 0.3 is 41.7 Å². The van der Waals surface area contributed by atoms with E-state index in [2.05, 4.69) is 110 Å². The third kappa shape index (κ3) is 25.0. The van der Waals surface area contributed by atoms with Crippen LogP contribution >= 0.6 is 0 Å². The van der Waals surface area contributed by atoms with E-state index in [1.54, 1.807) is 27.7 Å². The van der Waals surface area contributed by atoms with Crippen LogP contribution in [0.15, 0.2) is 106 Å². The van der Waals surface area contributed by atoms with Gasteiger partial charge in [-0.1, -0.05) is 149 Å². The largest absolute Gasteiger partial charge is 0.463 e. The van der Waals surface area contributed by atoms with Gasteiger partial charge in [-0.3, -0.25) is 19.2 Å². The van der Waals surface area contributed by atoms with Crippen LogP contribution in [0.4, 0.5) is 8.78 Å². The Morgan fingerprint density at radius 3 is 1.19 bits per heavy atom. The summed E-state index contributed by atoms with van der Waals surface area (Å²) in [7, 11) is -0.0146. The number of alkyl halides is 2. The van der Waals surface area contributed by atoms with E-state index in [-0.39, 0.29) is 118 Å². The first-order chi connectivity index (χ1) is 41.7. The predicted molar refractivity (Wildman–Crippen MR) is 394 cm³/mol. The number of halogens is 2. The summed E-state index contributed by atoms with van der Waals surface area (Å²) in [5, 5.41) is 10.6. The molecule has 1 heterocycles. The van der Waals surface area contributed by atoms with E-state index in [4.69, 9.17) is 23.7 Å². The molecule has 3 atom stereocenters. The van der Waals surface area contributed by atoms with Crippen LogP contribution in [-0.4, -0.2) is 89.6 Å². The smallest absolute Gasteiger partial charge is 0.376 e. The molecule has 13 nitrogen and oxygen atoms in total. The van der Waals surface area contributed by atoms with Gasteiger partial charge in [0.25, 0.3) is 0 Å². The highest BCUT2D eigenvalue weighted by molar-refractivity contribution is 7.97. The minimum absolute atomic E-state index is 0. The van der Waals surface area contributed by atoms with E-state index in [0.29, 0.717) is 62.9 Å². The van der Waals surface area contributed by atoms with Crippen LogP contribution in [0.2, 0.25) is 0 Å². The second kappa shape index (κ2) is 40.2. The summed E-state index contributed by atoms with van der Waals surface area (Å²) < 4.78 is 55.8. The molecule has 0 spiro atoms. The van der Waals surface area contributed by atoms with E-state index >= 15 is 0 Å². The van der Waals surface area contributed by atoms with E-state index in [1.165, 1.54) is 53.2 Å². The lowest BCUT2D eigenvalue weighted by atomic mass is 9.49. The average Bonchev–Trinajstić information content (AvgIpc) is 0.967. The molecule has 8 saturated carbocycles. The lowest BCUT2D eigenvalue weighted by Gasteiger charge is -2.60. The maximum atomic E-state index is 12.6. The monoisotopic (exact) mass is 1390 g/mol. The van der Waals surface area contributed by atoms with Crippen molar-refractivity contribution in [1.82, 2.24) is 0 Å². The maximum absolute atomic E-state index is 12.6. The Hall–Kier alpha value is -5.35. The van der Waals surface area contributed by atoms with Crippen molar-refractivity contribution in [3.63, 3.8) is 0 Å². The van der Waals surface area contributed by atoms with Crippen molar-refractivity contribution >= 4 is 46.7 Å². The third-order valence-corrected chi connectivity index (χ3v) is 22.6. The molecule has 8 aliphatic carbocycles. The van der Waals surface area contributed by atoms with Gasteiger partial charge in [0, 0.05) is 19.8 Å². The molecule has 97 heavy (non-hydrogen) atoms. The Morgan fingerprint density at radius 2 is 0.845 bits per heavy atom. The zero-order chi connectivity index (χ0) is 65.8. The minimum Gasteiger partial charge on any atom is -0.463 e. The number of esters is 6. The van der Waals surface area contributed by atoms with E-state index < -0.39 is 51.8 Å². The predicted octanol–water partition coefficient (Wildman–Crippen LogP) is 20.9. The van der Waals surface area contributed by atoms with Crippen LogP contribution in [0.25, 0.3) is 0 Å². The molecule has 1 saturated heterocycles. The quantitative estimate of drug-likeness (QED) is 0.0519. The summed E-state index contributed by atoms with van der Waals surface area (Å²) in [6, 6.07) is 32.2. The Morgan fingerprint density at radius 1 is 0.495 bits per heavy atom. The molecular formula is C81H137F2O13S+. The molecule has 1 aliphatic heterocycles. The van der Waals surface area contributed by atoms with Gasteiger partial charge in [0.1, 0.15) is 24.4 Å². The second-order valence-corrected chi connectivity index (χ2v) is 31.0. The number of carbonyl (C=O) groups is 6. The molecule has 3 aromatic rings. The second-order valence-electron chi connectivity index (χ2n) is 29.0. The van der Waals surface area contributed by atoms with Crippen LogP contribution in [0.1, 0.15) is 265 Å². The summed E-state index contributed by atoms with van der Waals surface area (Å²) in [4.78, 5) is 73.8. The zero-order valence-electron chi connectivity index (χ0n) is 55.9. The fourth-order valence-corrected chi connectivity index (χ4v) is 15.9. The lowest BCUT2D eigenvalue weighted by Crippen LogP contribution is -2.61. The molecule has 1 N–H and O–H groups in total. The highest BCUT2D eigenvalue weighted by atomic mass is 32.2. The van der Waals surface area contributed by atoms with Gasteiger partial charge < -0.3 is 33.5 Å². The summed E-state index contributed by atoms with van der Waals surface area (Å²) in [6.07, 6.45) is 16.1.